The van der Waals surface area contributed by atoms with Gasteiger partial charge in [0.15, 0.2) is 0 Å². The highest BCUT2D eigenvalue weighted by Crippen LogP contribution is 2.28. The van der Waals surface area contributed by atoms with E-state index in [0.29, 0.717) is 13.0 Å². The third-order valence-electron chi connectivity index (χ3n) is 3.15. The fourth-order valence-corrected chi connectivity index (χ4v) is 2.26. The van der Waals surface area contributed by atoms with Crippen LogP contribution in [-0.4, -0.2) is 42.3 Å². The Kier molecular flexibility index (Phi) is 2.97. The lowest BCUT2D eigenvalue weighted by Crippen LogP contribution is -2.45. The van der Waals surface area contributed by atoms with E-state index in [1.54, 1.807) is 0 Å². The second-order valence-electron chi connectivity index (χ2n) is 4.08. The fourth-order valence-electron chi connectivity index (χ4n) is 2.26. The standard InChI is InChI=1S/C9H11N5O3/c10-13-11-3-7(15)14-2-1-5-6(4-14)9(17)12-8(5)16/h5-6H,1-4H2,(H,12,16,17)/t5-,6-/m1/s1. The number of likely N-dealkylation sites (tertiary alicyclic amines) is 1. The Hall–Kier alpha value is -2.08. The van der Waals surface area contributed by atoms with Gasteiger partial charge in [-0.2, -0.15) is 0 Å². The minimum Gasteiger partial charge on any atom is -0.342 e. The normalized spacial score (nSPS) is 27.2. The molecular weight excluding hydrogens is 226 g/mol. The van der Waals surface area contributed by atoms with Gasteiger partial charge in [-0.25, -0.2) is 0 Å². The zero-order valence-electron chi connectivity index (χ0n) is 9.00. The molecule has 0 aromatic heterocycles. The van der Waals surface area contributed by atoms with Crippen LogP contribution in [0, 0.1) is 11.8 Å². The van der Waals surface area contributed by atoms with Gasteiger partial charge >= 0.3 is 0 Å². The van der Waals surface area contributed by atoms with Gasteiger partial charge in [0.05, 0.1) is 11.8 Å². The molecule has 90 valence electrons. The van der Waals surface area contributed by atoms with Crippen molar-refractivity contribution >= 4 is 17.7 Å². The summed E-state index contributed by atoms with van der Waals surface area (Å²) in [7, 11) is 0. The van der Waals surface area contributed by atoms with Crippen LogP contribution in [0.25, 0.3) is 10.4 Å². The molecule has 2 aliphatic rings. The highest BCUT2D eigenvalue weighted by molar-refractivity contribution is 6.05. The monoisotopic (exact) mass is 237 g/mol. The van der Waals surface area contributed by atoms with Gasteiger partial charge < -0.3 is 4.90 Å². The molecule has 2 aliphatic heterocycles. The van der Waals surface area contributed by atoms with Gasteiger partial charge in [0.2, 0.25) is 17.7 Å². The van der Waals surface area contributed by atoms with E-state index in [9.17, 15) is 14.4 Å². The number of carbonyl (C=O) groups is 3. The number of hydrogen-bond donors (Lipinski definition) is 1. The van der Waals surface area contributed by atoms with Gasteiger partial charge in [-0.3, -0.25) is 19.7 Å². The zero-order chi connectivity index (χ0) is 12.4. The topological polar surface area (TPSA) is 115 Å². The molecule has 0 unspecified atom stereocenters. The van der Waals surface area contributed by atoms with Gasteiger partial charge in [0.25, 0.3) is 0 Å². The van der Waals surface area contributed by atoms with Crippen molar-refractivity contribution < 1.29 is 14.4 Å². The maximum atomic E-state index is 11.6. The summed E-state index contributed by atoms with van der Waals surface area (Å²) in [5.74, 6) is -1.64. The van der Waals surface area contributed by atoms with Crippen LogP contribution in [0.1, 0.15) is 6.42 Å². The Bertz CT molecular complexity index is 428. The van der Waals surface area contributed by atoms with E-state index in [4.69, 9.17) is 5.53 Å². The molecule has 2 fully saturated rings. The second kappa shape index (κ2) is 4.42. The van der Waals surface area contributed by atoms with Crippen LogP contribution < -0.4 is 5.32 Å². The summed E-state index contributed by atoms with van der Waals surface area (Å²) in [6, 6.07) is 0. The number of nitrogens with one attached hydrogen (secondary N) is 1. The van der Waals surface area contributed by atoms with Gasteiger partial charge in [0, 0.05) is 18.0 Å². The Balaban J connectivity index is 2.02. The number of hydrogen-bond acceptors (Lipinski definition) is 4. The molecule has 0 bridgehead atoms. The molecule has 0 radical (unpaired) electrons. The predicted octanol–water partition coefficient (Wildman–Crippen LogP) is -0.582. The summed E-state index contributed by atoms with van der Waals surface area (Å²) >= 11 is 0. The molecule has 0 spiro atoms. The molecule has 2 rings (SSSR count). The smallest absolute Gasteiger partial charge is 0.232 e. The number of azide groups is 1. The van der Waals surface area contributed by atoms with Crippen LogP contribution in [0.2, 0.25) is 0 Å². The summed E-state index contributed by atoms with van der Waals surface area (Å²) in [4.78, 5) is 38.4. The number of rotatable bonds is 2. The van der Waals surface area contributed by atoms with Crippen molar-refractivity contribution in [3.63, 3.8) is 0 Å². The van der Waals surface area contributed by atoms with Crippen LogP contribution in [0.15, 0.2) is 5.11 Å². The van der Waals surface area contributed by atoms with Crippen LogP contribution in [0.5, 0.6) is 0 Å². The molecule has 2 atom stereocenters. The van der Waals surface area contributed by atoms with Crippen LogP contribution in [0.3, 0.4) is 0 Å². The zero-order valence-corrected chi connectivity index (χ0v) is 9.00. The molecule has 8 nitrogen and oxygen atoms in total. The second-order valence-corrected chi connectivity index (χ2v) is 4.08. The summed E-state index contributed by atoms with van der Waals surface area (Å²) in [6.07, 6.45) is 0.476. The number of nitrogens with zero attached hydrogens (tertiary/aromatic N) is 4. The maximum absolute atomic E-state index is 11.6. The molecule has 1 N–H and O–H groups in total. The predicted molar refractivity (Wildman–Crippen MR) is 55.3 cm³/mol. The highest BCUT2D eigenvalue weighted by atomic mass is 16.2. The highest BCUT2D eigenvalue weighted by Gasteiger charge is 2.45. The number of imide groups is 1. The van der Waals surface area contributed by atoms with E-state index in [1.165, 1.54) is 4.90 Å². The Labute approximate surface area is 96.6 Å². The van der Waals surface area contributed by atoms with Crippen molar-refractivity contribution in [2.45, 2.75) is 6.42 Å². The van der Waals surface area contributed by atoms with Crippen LogP contribution >= 0.6 is 0 Å². The summed E-state index contributed by atoms with van der Waals surface area (Å²) in [6.45, 7) is 0.396. The third kappa shape index (κ3) is 2.07. The van der Waals surface area contributed by atoms with E-state index in [1.807, 2.05) is 0 Å². The van der Waals surface area contributed by atoms with Crippen molar-refractivity contribution in [3.8, 4) is 0 Å². The van der Waals surface area contributed by atoms with Crippen LogP contribution in [-0.2, 0) is 14.4 Å². The molecule has 0 aromatic rings. The molecule has 17 heavy (non-hydrogen) atoms. The largest absolute Gasteiger partial charge is 0.342 e. The molecule has 2 saturated heterocycles. The first-order valence-corrected chi connectivity index (χ1v) is 5.27. The molecule has 3 amide bonds. The number of piperidine rings is 1. The molecule has 2 heterocycles. The summed E-state index contributed by atoms with van der Waals surface area (Å²) in [5.41, 5.74) is 8.12. The third-order valence-corrected chi connectivity index (χ3v) is 3.15. The lowest BCUT2D eigenvalue weighted by atomic mass is 9.88. The van der Waals surface area contributed by atoms with E-state index in [2.05, 4.69) is 15.3 Å². The lowest BCUT2D eigenvalue weighted by molar-refractivity contribution is -0.135. The van der Waals surface area contributed by atoms with Crippen molar-refractivity contribution in [1.82, 2.24) is 10.2 Å². The fraction of sp³-hybridized carbons (Fsp3) is 0.667. The van der Waals surface area contributed by atoms with Crippen molar-refractivity contribution in [2.75, 3.05) is 19.6 Å². The van der Waals surface area contributed by atoms with Gasteiger partial charge in [-0.15, -0.1) is 0 Å². The van der Waals surface area contributed by atoms with Gasteiger partial charge in [-0.05, 0) is 12.0 Å². The average molecular weight is 237 g/mol. The molecule has 0 aromatic carbocycles. The van der Waals surface area contributed by atoms with E-state index in [0.717, 1.165) is 0 Å². The molecule has 0 aliphatic carbocycles. The summed E-state index contributed by atoms with van der Waals surface area (Å²) < 4.78 is 0. The lowest BCUT2D eigenvalue weighted by Gasteiger charge is -2.32. The van der Waals surface area contributed by atoms with Crippen molar-refractivity contribution in [2.24, 2.45) is 17.0 Å². The van der Waals surface area contributed by atoms with Crippen molar-refractivity contribution in [3.05, 3.63) is 10.4 Å². The Morgan fingerprint density at radius 3 is 2.88 bits per heavy atom. The van der Waals surface area contributed by atoms with Gasteiger partial charge in [0.1, 0.15) is 6.54 Å². The quantitative estimate of drug-likeness (QED) is 0.299. The first kappa shape index (κ1) is 11.4. The summed E-state index contributed by atoms with van der Waals surface area (Å²) in [5, 5.41) is 5.45. The minimum atomic E-state index is -0.453. The first-order chi connectivity index (χ1) is 8.13. The molecule has 8 heteroatoms. The minimum absolute atomic E-state index is 0.224. The maximum Gasteiger partial charge on any atom is 0.232 e. The SMILES string of the molecule is [N-]=[N+]=NCC(=O)N1CC[C@H]2C(=O)NC(=O)[C@@H]2C1. The first-order valence-electron chi connectivity index (χ1n) is 5.27. The average Bonchev–Trinajstić information content (AvgIpc) is 2.61. The Morgan fingerprint density at radius 1 is 1.47 bits per heavy atom. The van der Waals surface area contributed by atoms with Crippen LogP contribution in [0.4, 0.5) is 0 Å². The number of amides is 3. The molecular formula is C9H11N5O3. The van der Waals surface area contributed by atoms with E-state index in [-0.39, 0.29) is 36.7 Å². The Morgan fingerprint density at radius 2 is 2.18 bits per heavy atom. The van der Waals surface area contributed by atoms with Gasteiger partial charge in [-0.1, -0.05) is 5.11 Å². The number of carbonyl (C=O) groups excluding carboxylic acids is 3. The molecule has 0 saturated carbocycles. The van der Waals surface area contributed by atoms with E-state index >= 15 is 0 Å². The number of fused-ring (bicyclic) bond motifs is 1. The van der Waals surface area contributed by atoms with E-state index < -0.39 is 5.92 Å². The van der Waals surface area contributed by atoms with Crippen molar-refractivity contribution in [1.29, 1.82) is 0 Å².